The number of carbonyl (C=O) groups excluding carboxylic acids is 1. The molecule has 152 valence electrons. The fourth-order valence-electron chi connectivity index (χ4n) is 2.50. The highest BCUT2D eigenvalue weighted by molar-refractivity contribution is 7.15. The van der Waals surface area contributed by atoms with Gasteiger partial charge in [-0.3, -0.25) is 10.1 Å². The van der Waals surface area contributed by atoms with Gasteiger partial charge in [0.1, 0.15) is 0 Å². The number of hydrogen-bond acceptors (Lipinski definition) is 3. The highest BCUT2D eigenvalue weighted by Gasteiger charge is 2.37. The SMILES string of the molecule is O=C(Nc1ncc(Cc2ccccc2)s1)c1cc(C(F)(F)F)cc(C(F)(F)F)c1. The number of nitrogens with one attached hydrogen (secondary N) is 1. The Balaban J connectivity index is 1.82. The van der Waals surface area contributed by atoms with Crippen LogP contribution in [0.5, 0.6) is 0 Å². The molecule has 0 fully saturated rings. The molecule has 1 N–H and O–H groups in total. The minimum Gasteiger partial charge on any atom is -0.298 e. The van der Waals surface area contributed by atoms with Crippen molar-refractivity contribution in [3.8, 4) is 0 Å². The van der Waals surface area contributed by atoms with Gasteiger partial charge in [-0.15, -0.1) is 11.3 Å². The Morgan fingerprint density at radius 1 is 0.931 bits per heavy atom. The van der Waals surface area contributed by atoms with Crippen LogP contribution in [0.4, 0.5) is 31.5 Å². The number of anilines is 1. The lowest BCUT2D eigenvalue weighted by molar-refractivity contribution is -0.143. The van der Waals surface area contributed by atoms with Gasteiger partial charge in [0.2, 0.25) is 0 Å². The molecule has 2 aromatic carbocycles. The number of aromatic nitrogens is 1. The molecule has 0 atom stereocenters. The molecule has 0 aliphatic carbocycles. The Labute approximate surface area is 165 Å². The second kappa shape index (κ2) is 7.86. The number of halogens is 6. The van der Waals surface area contributed by atoms with Gasteiger partial charge in [-0.05, 0) is 23.8 Å². The highest BCUT2D eigenvalue weighted by atomic mass is 32.1. The Bertz CT molecular complexity index is 979. The van der Waals surface area contributed by atoms with Crippen molar-refractivity contribution in [1.82, 2.24) is 4.98 Å². The van der Waals surface area contributed by atoms with E-state index in [2.05, 4.69) is 10.3 Å². The third-order valence-electron chi connectivity index (χ3n) is 3.85. The second-order valence-corrected chi connectivity index (χ2v) is 7.16. The predicted octanol–water partition coefficient (Wildman–Crippen LogP) is 6.02. The van der Waals surface area contributed by atoms with E-state index < -0.39 is 35.0 Å². The van der Waals surface area contributed by atoms with Crippen LogP contribution in [0.1, 0.15) is 31.9 Å². The molecule has 10 heteroatoms. The number of amides is 1. The van der Waals surface area contributed by atoms with E-state index in [0.717, 1.165) is 21.8 Å². The van der Waals surface area contributed by atoms with Crippen molar-refractivity contribution >= 4 is 22.4 Å². The Morgan fingerprint density at radius 2 is 1.52 bits per heavy atom. The van der Waals surface area contributed by atoms with Crippen LogP contribution in [0.3, 0.4) is 0 Å². The van der Waals surface area contributed by atoms with E-state index in [9.17, 15) is 31.1 Å². The zero-order valence-electron chi connectivity index (χ0n) is 14.4. The van der Waals surface area contributed by atoms with Crippen molar-refractivity contribution in [3.05, 3.63) is 81.9 Å². The maximum atomic E-state index is 12.9. The van der Waals surface area contributed by atoms with Crippen molar-refractivity contribution in [1.29, 1.82) is 0 Å². The number of benzene rings is 2. The number of rotatable bonds is 4. The molecule has 29 heavy (non-hydrogen) atoms. The quantitative estimate of drug-likeness (QED) is 0.514. The van der Waals surface area contributed by atoms with Crippen molar-refractivity contribution < 1.29 is 31.1 Å². The second-order valence-electron chi connectivity index (χ2n) is 6.04. The third kappa shape index (κ3) is 5.35. The van der Waals surface area contributed by atoms with Gasteiger partial charge < -0.3 is 0 Å². The molecule has 1 aromatic heterocycles. The van der Waals surface area contributed by atoms with Gasteiger partial charge >= 0.3 is 12.4 Å². The molecule has 0 spiro atoms. The molecule has 0 aliphatic heterocycles. The van der Waals surface area contributed by atoms with E-state index in [-0.39, 0.29) is 11.2 Å². The first kappa shape index (κ1) is 20.8. The monoisotopic (exact) mass is 430 g/mol. The summed E-state index contributed by atoms with van der Waals surface area (Å²) in [5.41, 5.74) is -2.88. The van der Waals surface area contributed by atoms with E-state index in [4.69, 9.17) is 0 Å². The van der Waals surface area contributed by atoms with Gasteiger partial charge in [0.25, 0.3) is 5.91 Å². The molecule has 1 heterocycles. The number of alkyl halides is 6. The third-order valence-corrected chi connectivity index (χ3v) is 4.76. The summed E-state index contributed by atoms with van der Waals surface area (Å²) in [4.78, 5) is 17.0. The van der Waals surface area contributed by atoms with Gasteiger partial charge in [-0.2, -0.15) is 26.3 Å². The summed E-state index contributed by atoms with van der Waals surface area (Å²) in [6.45, 7) is 0. The zero-order valence-corrected chi connectivity index (χ0v) is 15.3. The molecule has 0 unspecified atom stereocenters. The summed E-state index contributed by atoms with van der Waals surface area (Å²) in [6.07, 6.45) is -8.04. The minimum absolute atomic E-state index is 0.0296. The lowest BCUT2D eigenvalue weighted by atomic mass is 10.0. The van der Waals surface area contributed by atoms with Crippen LogP contribution in [-0.4, -0.2) is 10.9 Å². The summed E-state index contributed by atoms with van der Waals surface area (Å²) in [7, 11) is 0. The van der Waals surface area contributed by atoms with Gasteiger partial charge in [-0.1, -0.05) is 30.3 Å². The predicted molar refractivity (Wildman–Crippen MR) is 95.8 cm³/mol. The van der Waals surface area contributed by atoms with E-state index >= 15 is 0 Å². The van der Waals surface area contributed by atoms with Crippen LogP contribution >= 0.6 is 11.3 Å². The molecule has 0 saturated heterocycles. The summed E-state index contributed by atoms with van der Waals surface area (Å²) in [5.74, 6) is -1.11. The van der Waals surface area contributed by atoms with E-state index in [1.165, 1.54) is 6.20 Å². The number of nitrogens with zero attached hydrogens (tertiary/aromatic N) is 1. The molecule has 3 aromatic rings. The number of hydrogen-bond donors (Lipinski definition) is 1. The maximum Gasteiger partial charge on any atom is 0.416 e. The molecule has 1 amide bonds. The standard InChI is InChI=1S/C19H12F6N2OS/c20-18(21,22)13-7-12(8-14(9-13)19(23,24)25)16(28)27-17-26-10-15(29-17)6-11-4-2-1-3-5-11/h1-5,7-10H,6H2,(H,26,27,28). The van der Waals surface area contributed by atoms with Gasteiger partial charge in [0.05, 0.1) is 11.1 Å². The Hall–Kier alpha value is -2.88. The largest absolute Gasteiger partial charge is 0.416 e. The average molecular weight is 430 g/mol. The van der Waals surface area contributed by atoms with Crippen molar-refractivity contribution in [3.63, 3.8) is 0 Å². The molecule has 0 radical (unpaired) electrons. The molecule has 0 aliphatic rings. The van der Waals surface area contributed by atoms with Crippen molar-refractivity contribution in [2.75, 3.05) is 5.32 Å². The van der Waals surface area contributed by atoms with Crippen LogP contribution in [0.15, 0.2) is 54.7 Å². The van der Waals surface area contributed by atoms with Gasteiger partial charge in [-0.25, -0.2) is 4.98 Å². The van der Waals surface area contributed by atoms with Gasteiger partial charge in [0.15, 0.2) is 5.13 Å². The minimum atomic E-state index is -5.03. The Kier molecular flexibility index (Phi) is 5.65. The zero-order chi connectivity index (χ0) is 21.2. The van der Waals surface area contributed by atoms with Crippen LogP contribution in [0.2, 0.25) is 0 Å². The lowest BCUT2D eigenvalue weighted by Crippen LogP contribution is -2.17. The smallest absolute Gasteiger partial charge is 0.298 e. The fraction of sp³-hybridized carbons (Fsp3) is 0.158. The van der Waals surface area contributed by atoms with Crippen molar-refractivity contribution in [2.24, 2.45) is 0 Å². The fourth-order valence-corrected chi connectivity index (χ4v) is 3.34. The highest BCUT2D eigenvalue weighted by Crippen LogP contribution is 2.36. The van der Waals surface area contributed by atoms with Crippen LogP contribution in [-0.2, 0) is 18.8 Å². The maximum absolute atomic E-state index is 12.9. The number of carbonyl (C=O) groups is 1. The summed E-state index contributed by atoms with van der Waals surface area (Å²) in [5, 5.41) is 2.33. The molecule has 3 rings (SSSR count). The normalized spacial score (nSPS) is 12.1. The molecule has 0 bridgehead atoms. The van der Waals surface area contributed by atoms with E-state index in [0.29, 0.717) is 18.6 Å². The molecule has 3 nitrogen and oxygen atoms in total. The first-order valence-electron chi connectivity index (χ1n) is 8.12. The van der Waals surface area contributed by atoms with E-state index in [1.807, 2.05) is 30.3 Å². The van der Waals surface area contributed by atoms with E-state index in [1.54, 1.807) is 0 Å². The molecular formula is C19H12F6N2OS. The average Bonchev–Trinajstić information content (AvgIpc) is 3.07. The summed E-state index contributed by atoms with van der Waals surface area (Å²) < 4.78 is 77.6. The topological polar surface area (TPSA) is 42.0 Å². The first-order chi connectivity index (χ1) is 13.5. The van der Waals surface area contributed by atoms with Gasteiger partial charge in [0, 0.05) is 23.1 Å². The first-order valence-corrected chi connectivity index (χ1v) is 8.93. The van der Waals surface area contributed by atoms with Crippen molar-refractivity contribution in [2.45, 2.75) is 18.8 Å². The number of thiazole rings is 1. The summed E-state index contributed by atoms with van der Waals surface area (Å²) in [6, 6.07) is 10.1. The molecular weight excluding hydrogens is 418 g/mol. The Morgan fingerprint density at radius 3 is 2.07 bits per heavy atom. The molecule has 0 saturated carbocycles. The van der Waals surface area contributed by atoms with Crippen LogP contribution in [0, 0.1) is 0 Å². The summed E-state index contributed by atoms with van der Waals surface area (Å²) >= 11 is 1.08. The van der Waals surface area contributed by atoms with Crippen LogP contribution < -0.4 is 5.32 Å². The van der Waals surface area contributed by atoms with Crippen LogP contribution in [0.25, 0.3) is 0 Å². The lowest BCUT2D eigenvalue weighted by Gasteiger charge is -2.13.